The molecule has 0 aromatic heterocycles. The Balaban J connectivity index is 0.000000158. The van der Waals surface area contributed by atoms with Crippen LogP contribution in [0, 0.1) is 0 Å². The molecule has 0 aliphatic rings. The minimum absolute atomic E-state index is 0. The van der Waals surface area contributed by atoms with Crippen molar-refractivity contribution in [1.29, 1.82) is 0 Å². The Hall–Kier alpha value is -2.86. The van der Waals surface area contributed by atoms with Gasteiger partial charge in [0.05, 0.1) is 0 Å². The summed E-state index contributed by atoms with van der Waals surface area (Å²) >= 11 is 0. The normalized spacial score (nSPS) is 9.93. The summed E-state index contributed by atoms with van der Waals surface area (Å²) in [7, 11) is 0. The number of hydrogen-bond acceptors (Lipinski definition) is 0. The van der Waals surface area contributed by atoms with Crippen LogP contribution in [0.2, 0.25) is 0 Å². The molecule has 0 aliphatic carbocycles. The Morgan fingerprint density at radius 2 is 0.741 bits per heavy atom. The maximum atomic E-state index is 2.21. The molecule has 6 aromatic carbocycles. The van der Waals surface area contributed by atoms with E-state index in [1.54, 1.807) is 0 Å². The van der Waals surface area contributed by atoms with E-state index in [9.17, 15) is 0 Å². The third-order valence-corrected chi connectivity index (χ3v) is 4.50. The predicted molar refractivity (Wildman–Crippen MR) is 114 cm³/mol. The smallest absolute Gasteiger partial charge is 0 e. The molecule has 0 nitrogen and oxygen atoms in total. The fourth-order valence-electron chi connectivity index (χ4n) is 3.31. The van der Waals surface area contributed by atoms with E-state index >= 15 is 0 Å². The van der Waals surface area contributed by atoms with Gasteiger partial charge in [-0.3, -0.25) is 0 Å². The molecule has 0 spiro atoms. The summed E-state index contributed by atoms with van der Waals surface area (Å²) in [6.07, 6.45) is 0. The molecular formula is C26H20Fe-6. The van der Waals surface area contributed by atoms with Crippen molar-refractivity contribution in [2.45, 2.75) is 0 Å². The van der Waals surface area contributed by atoms with E-state index in [4.69, 9.17) is 0 Å². The van der Waals surface area contributed by atoms with Crippen molar-refractivity contribution in [1.82, 2.24) is 0 Å². The van der Waals surface area contributed by atoms with Gasteiger partial charge in [0.15, 0.2) is 0 Å². The molecule has 1 heteroatoms. The van der Waals surface area contributed by atoms with Crippen LogP contribution in [0.1, 0.15) is 0 Å². The first-order chi connectivity index (χ1) is 12.9. The van der Waals surface area contributed by atoms with Crippen LogP contribution in [0.5, 0.6) is 0 Å². The molecule has 0 saturated carbocycles. The molecule has 0 amide bonds. The number of benzene rings is 4. The van der Waals surface area contributed by atoms with Gasteiger partial charge in [-0.05, 0) is 32.3 Å². The van der Waals surface area contributed by atoms with Crippen molar-refractivity contribution < 1.29 is 17.1 Å². The van der Waals surface area contributed by atoms with Gasteiger partial charge in [-0.15, -0.1) is 0 Å². The van der Waals surface area contributed by atoms with Gasteiger partial charge in [0.1, 0.15) is 0 Å². The maximum Gasteiger partial charge on any atom is 0 e. The van der Waals surface area contributed by atoms with E-state index in [-0.39, 0.29) is 17.1 Å². The Morgan fingerprint density at radius 3 is 1.00 bits per heavy atom. The first kappa shape index (κ1) is 18.9. The molecule has 0 aliphatic heterocycles. The number of rotatable bonds is 0. The van der Waals surface area contributed by atoms with Crippen LogP contribution in [0.3, 0.4) is 0 Å². The number of hydrogen-bond donors (Lipinski definition) is 0. The molecule has 27 heavy (non-hydrogen) atoms. The van der Waals surface area contributed by atoms with Crippen LogP contribution in [0.25, 0.3) is 32.3 Å². The summed E-state index contributed by atoms with van der Waals surface area (Å²) in [4.78, 5) is 0. The second kappa shape index (κ2) is 9.19. The Kier molecular flexibility index (Phi) is 6.44. The van der Waals surface area contributed by atoms with Crippen molar-refractivity contribution in [3.05, 3.63) is 121 Å². The van der Waals surface area contributed by atoms with Crippen LogP contribution >= 0.6 is 0 Å². The van der Waals surface area contributed by atoms with Crippen LogP contribution < -0.4 is 0 Å². The van der Waals surface area contributed by atoms with E-state index < -0.39 is 0 Å². The molecule has 0 bridgehead atoms. The van der Waals surface area contributed by atoms with Crippen molar-refractivity contribution in [2.75, 3.05) is 0 Å². The van der Waals surface area contributed by atoms with E-state index in [1.807, 2.05) is 60.7 Å². The quantitative estimate of drug-likeness (QED) is 0.145. The van der Waals surface area contributed by atoms with Gasteiger partial charge in [0.25, 0.3) is 0 Å². The Morgan fingerprint density at radius 1 is 0.407 bits per heavy atom. The van der Waals surface area contributed by atoms with E-state index in [0.717, 1.165) is 0 Å². The summed E-state index contributed by atoms with van der Waals surface area (Å²) in [5, 5.41) is 8.14. The van der Waals surface area contributed by atoms with Crippen molar-refractivity contribution in [3.8, 4) is 0 Å². The Labute approximate surface area is 170 Å². The zero-order valence-electron chi connectivity index (χ0n) is 14.9. The fourth-order valence-corrected chi connectivity index (χ4v) is 3.31. The van der Waals surface area contributed by atoms with Gasteiger partial charge in [0, 0.05) is 17.1 Å². The zero-order chi connectivity index (χ0) is 17.6. The first-order valence-electron chi connectivity index (χ1n) is 8.89. The average molecular weight is 388 g/mol. The molecule has 0 heterocycles. The van der Waals surface area contributed by atoms with Gasteiger partial charge in [-0.2, -0.15) is 18.2 Å². The monoisotopic (exact) mass is 388 g/mol. The molecule has 0 unspecified atom stereocenters. The van der Waals surface area contributed by atoms with Crippen molar-refractivity contribution >= 4 is 32.3 Å². The summed E-state index contributed by atoms with van der Waals surface area (Å²) in [5.41, 5.74) is 0. The van der Waals surface area contributed by atoms with Gasteiger partial charge in [-0.1, -0.05) is 60.7 Å². The predicted octanol–water partition coefficient (Wildman–Crippen LogP) is 7.39. The molecule has 0 fully saturated rings. The largest absolute Gasteiger partial charge is 0.748 e. The molecule has 138 valence electrons. The Bertz CT molecular complexity index is 975. The summed E-state index contributed by atoms with van der Waals surface area (Å²) in [6, 6.07) is 41.9. The van der Waals surface area contributed by atoms with Gasteiger partial charge < -0.3 is 30.3 Å². The summed E-state index contributed by atoms with van der Waals surface area (Å²) in [5.74, 6) is 0. The fraction of sp³-hybridized carbons (Fsp3) is 0. The molecular weight excluding hydrogens is 368 g/mol. The van der Waals surface area contributed by atoms with Crippen LogP contribution in [0.4, 0.5) is 0 Å². The molecule has 0 N–H and O–H groups in total. The second-order valence-corrected chi connectivity index (χ2v) is 6.21. The van der Waals surface area contributed by atoms with Gasteiger partial charge >= 0.3 is 0 Å². The summed E-state index contributed by atoms with van der Waals surface area (Å²) in [6.45, 7) is 0. The van der Waals surface area contributed by atoms with E-state index in [1.165, 1.54) is 32.3 Å². The molecule has 6 aromatic rings. The SMILES string of the molecule is [Fe].[cH-]1[cH-][cH-][cH-][cH-]1.c1cc2ccc3cccc4ccc(c1)c2c34.c1cc[cH-]c1. The van der Waals surface area contributed by atoms with Crippen LogP contribution in [-0.2, 0) is 17.1 Å². The van der Waals surface area contributed by atoms with Crippen molar-refractivity contribution in [3.63, 3.8) is 0 Å². The van der Waals surface area contributed by atoms with E-state index in [2.05, 4.69) is 60.7 Å². The van der Waals surface area contributed by atoms with Gasteiger partial charge in [0.2, 0.25) is 0 Å². The first-order valence-corrected chi connectivity index (χ1v) is 8.89. The average Bonchev–Trinajstić information content (AvgIpc) is 3.45. The third-order valence-electron chi connectivity index (χ3n) is 4.50. The summed E-state index contributed by atoms with van der Waals surface area (Å²) < 4.78 is 0. The second-order valence-electron chi connectivity index (χ2n) is 6.21. The van der Waals surface area contributed by atoms with Crippen LogP contribution in [-0.4, -0.2) is 0 Å². The third kappa shape index (κ3) is 4.28. The van der Waals surface area contributed by atoms with E-state index in [0.29, 0.717) is 0 Å². The minimum atomic E-state index is 0. The standard InChI is InChI=1S/C16H10.2C5H5.Fe/c1-3-11-7-9-13-5-2-6-14-10-8-12(4-1)15(11)16(13)14;2*1-2-4-5-3-1;/h1-10H;2*1-5H;/q;-5;-1;. The maximum absolute atomic E-state index is 2.21. The minimum Gasteiger partial charge on any atom is -0.748 e. The molecule has 0 saturated heterocycles. The molecule has 6 rings (SSSR count). The zero-order valence-corrected chi connectivity index (χ0v) is 16.0. The molecule has 0 atom stereocenters. The molecule has 0 radical (unpaired) electrons. The van der Waals surface area contributed by atoms with Crippen LogP contribution in [0.15, 0.2) is 121 Å². The topological polar surface area (TPSA) is 0 Å². The van der Waals surface area contributed by atoms with Crippen molar-refractivity contribution in [2.24, 2.45) is 0 Å². The van der Waals surface area contributed by atoms with Gasteiger partial charge in [-0.25, -0.2) is 12.1 Å².